The fourth-order valence-corrected chi connectivity index (χ4v) is 2.35. The number of methoxy groups -OCH3 is 1. The van der Waals surface area contributed by atoms with Gasteiger partial charge >= 0.3 is 0 Å². The third kappa shape index (κ3) is 6.99. The van der Waals surface area contributed by atoms with Crippen LogP contribution in [0.4, 0.5) is 0 Å². The summed E-state index contributed by atoms with van der Waals surface area (Å²) < 4.78 is 5.42. The molecule has 0 radical (unpaired) electrons. The molecule has 0 aliphatic carbocycles. The number of carbonyl (C=O) groups excluding carboxylic acids is 1. The zero-order valence-corrected chi connectivity index (χ0v) is 16.4. The van der Waals surface area contributed by atoms with E-state index in [1.54, 1.807) is 13.3 Å². The largest absolute Gasteiger partial charge is 0.496 e. The lowest BCUT2D eigenvalue weighted by molar-refractivity contribution is -0.121. The van der Waals surface area contributed by atoms with Crippen molar-refractivity contribution in [1.29, 1.82) is 0 Å². The lowest BCUT2D eigenvalue weighted by atomic mass is 10.1. The zero-order chi connectivity index (χ0) is 19.0. The van der Waals surface area contributed by atoms with Crippen molar-refractivity contribution >= 4 is 11.9 Å². The van der Waals surface area contributed by atoms with Crippen LogP contribution in [0, 0.1) is 13.8 Å². The molecule has 7 heteroatoms. The number of aromatic nitrogens is 1. The van der Waals surface area contributed by atoms with Gasteiger partial charge in [0.2, 0.25) is 5.91 Å². The van der Waals surface area contributed by atoms with E-state index in [-0.39, 0.29) is 18.0 Å². The molecule has 0 saturated carbocycles. The molecular formula is C18H31N5O2. The number of carbonyl (C=O) groups is 1. The van der Waals surface area contributed by atoms with E-state index >= 15 is 0 Å². The summed E-state index contributed by atoms with van der Waals surface area (Å²) in [4.78, 5) is 20.9. The van der Waals surface area contributed by atoms with Crippen LogP contribution in [-0.2, 0) is 11.3 Å². The van der Waals surface area contributed by atoms with Gasteiger partial charge in [-0.15, -0.1) is 0 Å². The van der Waals surface area contributed by atoms with Gasteiger partial charge in [0.05, 0.1) is 25.9 Å². The van der Waals surface area contributed by atoms with Crippen molar-refractivity contribution in [2.75, 3.05) is 20.2 Å². The van der Waals surface area contributed by atoms with Gasteiger partial charge in [0, 0.05) is 29.4 Å². The van der Waals surface area contributed by atoms with E-state index in [9.17, 15) is 4.79 Å². The minimum atomic E-state index is -0.256. The molecule has 0 unspecified atom stereocenters. The van der Waals surface area contributed by atoms with Crippen LogP contribution in [0.2, 0.25) is 0 Å². The van der Waals surface area contributed by atoms with Crippen LogP contribution in [-0.4, -0.2) is 42.6 Å². The zero-order valence-electron chi connectivity index (χ0n) is 16.4. The van der Waals surface area contributed by atoms with Crippen molar-refractivity contribution in [2.24, 2.45) is 4.99 Å². The Bertz CT molecular complexity index is 621. The van der Waals surface area contributed by atoms with Crippen LogP contribution in [0.25, 0.3) is 0 Å². The predicted octanol–water partition coefficient (Wildman–Crippen LogP) is 1.68. The number of rotatable bonds is 6. The van der Waals surface area contributed by atoms with E-state index in [4.69, 9.17) is 4.74 Å². The van der Waals surface area contributed by atoms with E-state index in [1.165, 1.54) is 0 Å². The summed E-state index contributed by atoms with van der Waals surface area (Å²) >= 11 is 0. The Morgan fingerprint density at radius 2 is 1.96 bits per heavy atom. The monoisotopic (exact) mass is 349 g/mol. The summed E-state index contributed by atoms with van der Waals surface area (Å²) in [5, 5.41) is 9.08. The Morgan fingerprint density at radius 3 is 2.52 bits per heavy atom. The Balaban J connectivity index is 2.78. The number of pyridine rings is 1. The highest BCUT2D eigenvalue weighted by molar-refractivity contribution is 5.86. The van der Waals surface area contributed by atoms with E-state index in [1.807, 2.05) is 41.5 Å². The second-order valence-electron chi connectivity index (χ2n) is 6.89. The first-order valence-electron chi connectivity index (χ1n) is 8.50. The SMILES string of the molecule is CCNC(=NCc1ncc(C)c(OC)c1C)NCC(=O)NC(C)(C)C. The van der Waals surface area contributed by atoms with E-state index in [0.717, 1.165) is 22.6 Å². The number of guanidine groups is 1. The van der Waals surface area contributed by atoms with Crippen molar-refractivity contribution in [3.63, 3.8) is 0 Å². The number of ether oxygens (including phenoxy) is 1. The van der Waals surface area contributed by atoms with Gasteiger partial charge in [-0.1, -0.05) is 0 Å². The third-order valence-electron chi connectivity index (χ3n) is 3.41. The molecule has 25 heavy (non-hydrogen) atoms. The smallest absolute Gasteiger partial charge is 0.239 e. The molecule has 0 fully saturated rings. The molecule has 0 saturated heterocycles. The van der Waals surface area contributed by atoms with Gasteiger partial charge in [0.15, 0.2) is 5.96 Å². The normalized spacial score (nSPS) is 11.9. The maximum Gasteiger partial charge on any atom is 0.239 e. The Kier molecular flexibility index (Phi) is 7.67. The number of nitrogens with one attached hydrogen (secondary N) is 3. The maximum absolute atomic E-state index is 11.9. The number of aliphatic imine (C=N–C) groups is 1. The summed E-state index contributed by atoms with van der Waals surface area (Å²) in [6, 6.07) is 0. The van der Waals surface area contributed by atoms with Crippen LogP contribution in [0.3, 0.4) is 0 Å². The van der Waals surface area contributed by atoms with Crippen LogP contribution < -0.4 is 20.7 Å². The van der Waals surface area contributed by atoms with Crippen LogP contribution in [0.1, 0.15) is 44.5 Å². The lowest BCUT2D eigenvalue weighted by Gasteiger charge is -2.21. The first-order valence-corrected chi connectivity index (χ1v) is 8.50. The van der Waals surface area contributed by atoms with Crippen molar-refractivity contribution < 1.29 is 9.53 Å². The average Bonchev–Trinajstić information content (AvgIpc) is 2.50. The number of aryl methyl sites for hydroxylation is 1. The van der Waals surface area contributed by atoms with Gasteiger partial charge in [-0.3, -0.25) is 9.78 Å². The molecule has 1 aromatic heterocycles. The first-order chi connectivity index (χ1) is 11.7. The highest BCUT2D eigenvalue weighted by Crippen LogP contribution is 2.24. The minimum absolute atomic E-state index is 0.0792. The molecule has 140 valence electrons. The van der Waals surface area contributed by atoms with Crippen molar-refractivity contribution in [3.05, 3.63) is 23.0 Å². The minimum Gasteiger partial charge on any atom is -0.496 e. The summed E-state index contributed by atoms with van der Waals surface area (Å²) in [5.74, 6) is 1.33. The fourth-order valence-electron chi connectivity index (χ4n) is 2.35. The summed E-state index contributed by atoms with van der Waals surface area (Å²) in [6.45, 7) is 13.0. The molecule has 0 spiro atoms. The second-order valence-corrected chi connectivity index (χ2v) is 6.89. The molecule has 1 amide bonds. The fraction of sp³-hybridized carbons (Fsp3) is 0.611. The standard InChI is InChI=1S/C18H31N5O2/c1-8-19-17(22-11-15(24)23-18(4,5)6)21-10-14-13(3)16(25-7)12(2)9-20-14/h9H,8,10-11H2,1-7H3,(H,23,24)(H2,19,21,22). The number of nitrogens with zero attached hydrogens (tertiary/aromatic N) is 2. The Labute approximate surface area is 150 Å². The highest BCUT2D eigenvalue weighted by atomic mass is 16.5. The molecule has 0 bridgehead atoms. The first kappa shape index (κ1) is 20.7. The molecule has 1 aromatic rings. The Hall–Kier alpha value is -2.31. The predicted molar refractivity (Wildman–Crippen MR) is 101 cm³/mol. The van der Waals surface area contributed by atoms with Crippen LogP contribution in [0.5, 0.6) is 5.75 Å². The highest BCUT2D eigenvalue weighted by Gasteiger charge is 2.14. The van der Waals surface area contributed by atoms with Gasteiger partial charge in [-0.05, 0) is 41.5 Å². The van der Waals surface area contributed by atoms with Crippen LogP contribution >= 0.6 is 0 Å². The molecule has 0 aromatic carbocycles. The molecule has 0 atom stereocenters. The van der Waals surface area contributed by atoms with Gasteiger partial charge in [0.1, 0.15) is 5.75 Å². The third-order valence-corrected chi connectivity index (χ3v) is 3.41. The molecular weight excluding hydrogens is 318 g/mol. The summed E-state index contributed by atoms with van der Waals surface area (Å²) in [6.07, 6.45) is 1.79. The molecule has 0 aliphatic rings. The lowest BCUT2D eigenvalue weighted by Crippen LogP contribution is -2.48. The maximum atomic E-state index is 11.9. The van der Waals surface area contributed by atoms with Gasteiger partial charge in [0.25, 0.3) is 0 Å². The molecule has 7 nitrogen and oxygen atoms in total. The van der Waals surface area contributed by atoms with E-state index in [2.05, 4.69) is 25.9 Å². The van der Waals surface area contributed by atoms with Crippen molar-refractivity contribution in [2.45, 2.75) is 53.6 Å². The number of amides is 1. The molecule has 1 rings (SSSR count). The molecule has 1 heterocycles. The summed E-state index contributed by atoms with van der Waals surface area (Å²) in [5.41, 5.74) is 2.57. The number of hydrogen-bond acceptors (Lipinski definition) is 4. The van der Waals surface area contributed by atoms with E-state index in [0.29, 0.717) is 19.0 Å². The topological polar surface area (TPSA) is 87.6 Å². The van der Waals surface area contributed by atoms with Gasteiger partial charge < -0.3 is 20.7 Å². The van der Waals surface area contributed by atoms with E-state index < -0.39 is 0 Å². The molecule has 0 aliphatic heterocycles. The van der Waals surface area contributed by atoms with Crippen molar-refractivity contribution in [1.82, 2.24) is 20.9 Å². The molecule has 3 N–H and O–H groups in total. The average molecular weight is 349 g/mol. The summed E-state index contributed by atoms with van der Waals surface area (Å²) in [7, 11) is 1.65. The number of hydrogen-bond donors (Lipinski definition) is 3. The quantitative estimate of drug-likeness (QED) is 0.537. The van der Waals surface area contributed by atoms with Crippen LogP contribution in [0.15, 0.2) is 11.2 Å². The van der Waals surface area contributed by atoms with Gasteiger partial charge in [-0.25, -0.2) is 4.99 Å². The Morgan fingerprint density at radius 1 is 1.28 bits per heavy atom. The van der Waals surface area contributed by atoms with Gasteiger partial charge in [-0.2, -0.15) is 0 Å². The van der Waals surface area contributed by atoms with Crippen molar-refractivity contribution in [3.8, 4) is 5.75 Å². The second kappa shape index (κ2) is 9.25.